The van der Waals surface area contributed by atoms with Crippen LogP contribution in [0.1, 0.15) is 21.6 Å². The van der Waals surface area contributed by atoms with Crippen molar-refractivity contribution in [3.8, 4) is 5.88 Å². The number of ether oxygens (including phenoxy) is 2. The van der Waals surface area contributed by atoms with E-state index in [4.69, 9.17) is 20.9 Å². The molecule has 0 amide bonds. The van der Waals surface area contributed by atoms with Crippen LogP contribution in [0, 0.1) is 5.82 Å². The van der Waals surface area contributed by atoms with Crippen molar-refractivity contribution in [2.75, 3.05) is 26.1 Å². The first-order valence-electron chi connectivity index (χ1n) is 8.45. The number of anilines is 1. The van der Waals surface area contributed by atoms with Gasteiger partial charge in [0.2, 0.25) is 5.88 Å². The molecule has 11 heteroatoms. The quantitative estimate of drug-likeness (QED) is 0.692. The van der Waals surface area contributed by atoms with Gasteiger partial charge in [0.25, 0.3) is 6.43 Å². The van der Waals surface area contributed by atoms with E-state index in [0.717, 1.165) is 12.1 Å². The third kappa shape index (κ3) is 3.99. The highest BCUT2D eigenvalue weighted by atomic mass is 19.3. The Morgan fingerprint density at radius 2 is 2.14 bits per heavy atom. The Hall–Kier alpha value is -3.21. The average Bonchev–Trinajstić information content (AvgIpc) is 2.68. The van der Waals surface area contributed by atoms with Gasteiger partial charge in [-0.2, -0.15) is 4.98 Å². The lowest BCUT2D eigenvalue weighted by atomic mass is 9.88. The zero-order valence-electron chi connectivity index (χ0n) is 15.4. The van der Waals surface area contributed by atoms with Crippen LogP contribution < -0.4 is 16.2 Å². The van der Waals surface area contributed by atoms with Crippen molar-refractivity contribution >= 4 is 17.4 Å². The summed E-state index contributed by atoms with van der Waals surface area (Å²) >= 11 is 0. The first-order valence-corrected chi connectivity index (χ1v) is 8.45. The van der Waals surface area contributed by atoms with Crippen LogP contribution in [0.2, 0.25) is 0 Å². The number of nitrogens with zero attached hydrogens (tertiary/aromatic N) is 3. The Balaban J connectivity index is 1.95. The van der Waals surface area contributed by atoms with Crippen LogP contribution in [0.15, 0.2) is 29.4 Å². The Kier molecular flexibility index (Phi) is 5.69. The molecular weight excluding hydrogens is 391 g/mol. The molecule has 0 aliphatic carbocycles. The molecule has 0 fully saturated rings. The maximum Gasteiger partial charge on any atom is 0.269 e. The molecule has 1 aromatic heterocycles. The smallest absolute Gasteiger partial charge is 0.269 e. The molecule has 1 aliphatic rings. The number of aliphatic imine (C=N–C) groups is 1. The zero-order chi connectivity index (χ0) is 21.2. The second-order valence-electron chi connectivity index (χ2n) is 6.38. The Morgan fingerprint density at radius 3 is 2.76 bits per heavy atom. The van der Waals surface area contributed by atoms with Gasteiger partial charge in [0.1, 0.15) is 24.0 Å². The van der Waals surface area contributed by atoms with Gasteiger partial charge in [0, 0.05) is 12.0 Å². The molecule has 29 heavy (non-hydrogen) atoms. The molecule has 0 radical (unpaired) electrons. The molecule has 0 saturated carbocycles. The van der Waals surface area contributed by atoms with Crippen molar-refractivity contribution in [1.29, 1.82) is 0 Å². The van der Waals surface area contributed by atoms with Crippen LogP contribution in [0.4, 0.5) is 19.0 Å². The van der Waals surface area contributed by atoms with Crippen LogP contribution in [-0.4, -0.2) is 48.3 Å². The fraction of sp³-hybridized carbons (Fsp3) is 0.333. The molecule has 8 nitrogen and oxygen atoms in total. The number of nitrogens with two attached hydrogens (primary N) is 2. The minimum atomic E-state index is -3.08. The lowest BCUT2D eigenvalue weighted by molar-refractivity contribution is -0.0146. The summed E-state index contributed by atoms with van der Waals surface area (Å²) in [7, 11) is 1.37. The molecule has 2 aromatic rings. The van der Waals surface area contributed by atoms with Crippen molar-refractivity contribution < 1.29 is 27.4 Å². The maximum absolute atomic E-state index is 14.5. The lowest BCUT2D eigenvalue weighted by Gasteiger charge is -2.33. The number of halogens is 3. The van der Waals surface area contributed by atoms with E-state index >= 15 is 0 Å². The normalized spacial score (nSPS) is 19.1. The summed E-state index contributed by atoms with van der Waals surface area (Å²) in [5.74, 6) is -1.61. The average molecular weight is 409 g/mol. The van der Waals surface area contributed by atoms with Crippen LogP contribution in [-0.2, 0) is 16.7 Å². The topological polar surface area (TPSA) is 126 Å². The summed E-state index contributed by atoms with van der Waals surface area (Å²) in [6, 6.07) is 3.45. The minimum Gasteiger partial charge on any atom is -0.480 e. The summed E-state index contributed by atoms with van der Waals surface area (Å²) < 4.78 is 52.2. The Morgan fingerprint density at radius 1 is 1.38 bits per heavy atom. The van der Waals surface area contributed by atoms with Crippen LogP contribution in [0.5, 0.6) is 5.88 Å². The van der Waals surface area contributed by atoms with E-state index in [1.165, 1.54) is 19.4 Å². The molecule has 1 atom stereocenters. The van der Waals surface area contributed by atoms with E-state index in [1.807, 2.05) is 0 Å². The second-order valence-corrected chi connectivity index (χ2v) is 6.38. The highest BCUT2D eigenvalue weighted by Crippen LogP contribution is 2.37. The summed E-state index contributed by atoms with van der Waals surface area (Å²) in [6.07, 6.45) is -2.12. The van der Waals surface area contributed by atoms with Crippen molar-refractivity contribution in [1.82, 2.24) is 9.97 Å². The summed E-state index contributed by atoms with van der Waals surface area (Å²) in [6.45, 7) is -0.666. The van der Waals surface area contributed by atoms with Crippen LogP contribution in [0.25, 0.3) is 0 Å². The van der Waals surface area contributed by atoms with Gasteiger partial charge in [0.05, 0.1) is 19.9 Å². The predicted molar refractivity (Wildman–Crippen MR) is 97.6 cm³/mol. The number of carbonyl (C=O) groups is 1. The van der Waals surface area contributed by atoms with Gasteiger partial charge in [-0.25, -0.2) is 18.2 Å². The van der Waals surface area contributed by atoms with Gasteiger partial charge in [-0.05, 0) is 17.7 Å². The first kappa shape index (κ1) is 20.5. The minimum absolute atomic E-state index is 0.108. The number of carbonyl (C=O) groups excluding carboxylic acids is 1. The zero-order valence-corrected chi connectivity index (χ0v) is 15.4. The number of benzene rings is 1. The predicted octanol–water partition coefficient (Wildman–Crippen LogP) is 1.48. The first-order chi connectivity index (χ1) is 13.8. The van der Waals surface area contributed by atoms with Crippen molar-refractivity contribution in [3.05, 3.63) is 47.0 Å². The maximum atomic E-state index is 14.5. The highest BCUT2D eigenvalue weighted by Gasteiger charge is 2.46. The SMILES string of the molecule is COc1cnc(C(=O)Cc2ccc(F)c([C@]3(C(F)F)COCC(N)=N3)c2)c(N)n1. The number of aromatic nitrogens is 2. The molecule has 154 valence electrons. The fourth-order valence-corrected chi connectivity index (χ4v) is 2.98. The number of hydrogen-bond acceptors (Lipinski definition) is 8. The summed E-state index contributed by atoms with van der Waals surface area (Å²) in [4.78, 5) is 24.1. The summed E-state index contributed by atoms with van der Waals surface area (Å²) in [5, 5.41) is 0. The Labute approximate surface area is 163 Å². The van der Waals surface area contributed by atoms with Gasteiger partial charge in [-0.1, -0.05) is 6.07 Å². The number of Topliss-reactive ketones (excluding diaryl/α,β-unsaturated/α-hetero) is 1. The summed E-state index contributed by atoms with van der Waals surface area (Å²) in [5.41, 5.74) is 8.73. The van der Waals surface area contributed by atoms with E-state index in [1.54, 1.807) is 0 Å². The second kappa shape index (κ2) is 8.03. The number of alkyl halides is 2. The molecule has 0 unspecified atom stereocenters. The molecule has 0 bridgehead atoms. The number of ketones is 1. The number of amidine groups is 1. The molecule has 3 rings (SSSR count). The van der Waals surface area contributed by atoms with E-state index in [2.05, 4.69) is 15.0 Å². The van der Waals surface area contributed by atoms with Crippen molar-refractivity contribution in [3.63, 3.8) is 0 Å². The molecule has 0 saturated heterocycles. The van der Waals surface area contributed by atoms with Crippen LogP contribution in [0.3, 0.4) is 0 Å². The van der Waals surface area contributed by atoms with E-state index in [-0.39, 0.29) is 41.8 Å². The largest absolute Gasteiger partial charge is 0.480 e. The van der Waals surface area contributed by atoms with Crippen LogP contribution >= 0.6 is 0 Å². The van der Waals surface area contributed by atoms with Gasteiger partial charge >= 0.3 is 0 Å². The van der Waals surface area contributed by atoms with Crippen molar-refractivity contribution in [2.24, 2.45) is 10.7 Å². The van der Waals surface area contributed by atoms with Gasteiger partial charge in [-0.15, -0.1) is 0 Å². The molecular formula is C18H18F3N5O3. The van der Waals surface area contributed by atoms with E-state index in [0.29, 0.717) is 0 Å². The standard InChI is InChI=1S/C18H18F3N5O3/c1-28-14-6-24-15(16(23)25-14)12(27)5-9-2-3-11(19)10(4-9)18(17(20)21)8-29-7-13(22)26-18/h2-4,6,17H,5,7-8H2,1H3,(H2,22,26)(H2,23,25)/t18-/m0/s1. The molecule has 1 aliphatic heterocycles. The number of methoxy groups -OCH3 is 1. The monoisotopic (exact) mass is 409 g/mol. The fourth-order valence-electron chi connectivity index (χ4n) is 2.98. The molecule has 2 heterocycles. The lowest BCUT2D eigenvalue weighted by Crippen LogP contribution is -2.45. The van der Waals surface area contributed by atoms with E-state index < -0.39 is 35.7 Å². The number of rotatable bonds is 6. The molecule has 0 spiro atoms. The third-order valence-corrected chi connectivity index (χ3v) is 4.39. The number of hydrogen-bond donors (Lipinski definition) is 2. The number of nitrogen functional groups attached to an aromatic ring is 1. The van der Waals surface area contributed by atoms with Gasteiger partial charge in [-0.3, -0.25) is 9.79 Å². The van der Waals surface area contributed by atoms with E-state index in [9.17, 15) is 18.0 Å². The Bertz CT molecular complexity index is 970. The molecule has 1 aromatic carbocycles. The molecule has 4 N–H and O–H groups in total. The van der Waals surface area contributed by atoms with Crippen molar-refractivity contribution in [2.45, 2.75) is 18.4 Å². The highest BCUT2D eigenvalue weighted by molar-refractivity contribution is 5.99. The third-order valence-electron chi connectivity index (χ3n) is 4.39. The van der Waals surface area contributed by atoms with Gasteiger partial charge in [0.15, 0.2) is 17.1 Å². The van der Waals surface area contributed by atoms with Gasteiger partial charge < -0.3 is 20.9 Å².